The van der Waals surface area contributed by atoms with E-state index in [-0.39, 0.29) is 25.7 Å². The molecule has 0 heterocycles. The maximum absolute atomic E-state index is 12.9. The molecule has 0 aromatic heterocycles. The van der Waals surface area contributed by atoms with E-state index < -0.39 is 97.5 Å². The fourth-order valence-corrected chi connectivity index (χ4v) is 10.00. The quantitative estimate of drug-likeness (QED) is 0.0222. The number of rotatable bonds is 56. The first-order valence-electron chi connectivity index (χ1n) is 30.3. The van der Waals surface area contributed by atoms with Crippen LogP contribution in [-0.4, -0.2) is 96.7 Å². The summed E-state index contributed by atoms with van der Waals surface area (Å²) in [5.41, 5.74) is 0. The van der Waals surface area contributed by atoms with Gasteiger partial charge in [0.2, 0.25) is 0 Å². The first-order valence-corrected chi connectivity index (χ1v) is 33.3. The van der Waals surface area contributed by atoms with Crippen molar-refractivity contribution in [2.24, 2.45) is 17.8 Å². The van der Waals surface area contributed by atoms with Crippen molar-refractivity contribution in [3.05, 3.63) is 0 Å². The summed E-state index contributed by atoms with van der Waals surface area (Å²) < 4.78 is 67.5. The minimum Gasteiger partial charge on any atom is -0.462 e. The van der Waals surface area contributed by atoms with Crippen LogP contribution in [-0.2, 0) is 65.4 Å². The van der Waals surface area contributed by atoms with E-state index >= 15 is 0 Å². The highest BCUT2D eigenvalue weighted by Crippen LogP contribution is 2.45. The lowest BCUT2D eigenvalue weighted by atomic mass is 10.0. The fourth-order valence-electron chi connectivity index (χ4n) is 8.42. The van der Waals surface area contributed by atoms with Crippen molar-refractivity contribution in [3.8, 4) is 0 Å². The maximum Gasteiger partial charge on any atom is 0.472 e. The van der Waals surface area contributed by atoms with Crippen molar-refractivity contribution in [2.45, 2.75) is 292 Å². The third kappa shape index (κ3) is 53.2. The highest BCUT2D eigenvalue weighted by Gasteiger charge is 2.30. The van der Waals surface area contributed by atoms with E-state index in [2.05, 4.69) is 48.5 Å². The summed E-state index contributed by atoms with van der Waals surface area (Å²) in [6, 6.07) is 0. The van der Waals surface area contributed by atoms with Gasteiger partial charge in [-0.05, 0) is 43.4 Å². The second-order valence-electron chi connectivity index (χ2n) is 22.5. The van der Waals surface area contributed by atoms with Gasteiger partial charge >= 0.3 is 39.5 Å². The molecule has 17 nitrogen and oxygen atoms in total. The highest BCUT2D eigenvalue weighted by molar-refractivity contribution is 7.47. The van der Waals surface area contributed by atoms with E-state index in [9.17, 15) is 43.2 Å². The predicted molar refractivity (Wildman–Crippen MR) is 303 cm³/mol. The van der Waals surface area contributed by atoms with E-state index in [1.54, 1.807) is 0 Å². The number of phosphoric ester groups is 2. The number of aliphatic hydroxyl groups excluding tert-OH is 1. The minimum absolute atomic E-state index is 0.102. The zero-order chi connectivity index (χ0) is 57.4. The Bertz CT molecular complexity index is 1550. The number of unbranched alkanes of at least 4 members (excludes halogenated alkanes) is 24. The van der Waals surface area contributed by atoms with Crippen LogP contribution in [0.5, 0.6) is 0 Å². The molecule has 0 aliphatic carbocycles. The summed E-state index contributed by atoms with van der Waals surface area (Å²) in [6.45, 7) is 11.5. The third-order valence-corrected chi connectivity index (χ3v) is 15.0. The van der Waals surface area contributed by atoms with E-state index in [0.717, 1.165) is 109 Å². The molecule has 0 saturated carbocycles. The number of phosphoric acid groups is 2. The molecule has 2 unspecified atom stereocenters. The monoisotopic (exact) mass is 1140 g/mol. The number of carbonyl (C=O) groups excluding carboxylic acids is 4. The van der Waals surface area contributed by atoms with E-state index in [1.807, 2.05) is 0 Å². The van der Waals surface area contributed by atoms with Gasteiger partial charge in [0.05, 0.1) is 26.4 Å². The van der Waals surface area contributed by atoms with Crippen LogP contribution in [0.3, 0.4) is 0 Å². The van der Waals surface area contributed by atoms with Crippen LogP contribution < -0.4 is 0 Å². The summed E-state index contributed by atoms with van der Waals surface area (Å²) in [4.78, 5) is 71.6. The SMILES string of the molecule is CCCCCCCC(=O)OC[C@H](COP(=O)(O)OC[C@H](O)COP(=O)(O)OC[C@@H](COC(=O)CCCCCCCCCC(C)C)OC(=O)CCCCCCCCCCCC(C)C)OC(=O)CCCCCCCCCC(C)C. The summed E-state index contributed by atoms with van der Waals surface area (Å²) in [5.74, 6) is -0.0204. The lowest BCUT2D eigenvalue weighted by Crippen LogP contribution is -2.30. The van der Waals surface area contributed by atoms with E-state index in [1.165, 1.54) is 70.6 Å². The zero-order valence-corrected chi connectivity index (χ0v) is 51.2. The number of carbonyl (C=O) groups is 4. The average Bonchev–Trinajstić information content (AvgIpc) is 3.37. The molecule has 0 radical (unpaired) electrons. The molecule has 0 rings (SSSR count). The van der Waals surface area contributed by atoms with Gasteiger partial charge in [-0.25, -0.2) is 9.13 Å². The molecule has 0 spiro atoms. The van der Waals surface area contributed by atoms with Crippen molar-refractivity contribution in [3.63, 3.8) is 0 Å². The van der Waals surface area contributed by atoms with Crippen LogP contribution in [0, 0.1) is 17.8 Å². The number of hydrogen-bond donors (Lipinski definition) is 3. The van der Waals surface area contributed by atoms with E-state index in [0.29, 0.717) is 37.5 Å². The van der Waals surface area contributed by atoms with Crippen molar-refractivity contribution < 1.29 is 80.2 Å². The molecule has 0 aromatic rings. The van der Waals surface area contributed by atoms with Gasteiger partial charge in [-0.2, -0.15) is 0 Å². The molecule has 0 aromatic carbocycles. The first-order chi connectivity index (χ1) is 36.7. The Morgan fingerprint density at radius 3 is 0.883 bits per heavy atom. The molecule has 0 bridgehead atoms. The Morgan fingerprint density at radius 2 is 0.597 bits per heavy atom. The summed E-state index contributed by atoms with van der Waals surface area (Å²) in [6.07, 6.45) is 28.5. The molecule has 0 aliphatic rings. The number of hydrogen-bond acceptors (Lipinski definition) is 15. The Hall–Kier alpha value is -1.94. The van der Waals surface area contributed by atoms with Gasteiger partial charge < -0.3 is 33.8 Å². The second-order valence-corrected chi connectivity index (χ2v) is 25.4. The molecule has 3 N–H and O–H groups in total. The molecule has 0 amide bonds. The van der Waals surface area contributed by atoms with Crippen LogP contribution in [0.1, 0.15) is 273 Å². The van der Waals surface area contributed by atoms with Gasteiger partial charge in [-0.15, -0.1) is 0 Å². The van der Waals surface area contributed by atoms with Crippen molar-refractivity contribution in [2.75, 3.05) is 39.6 Å². The number of ether oxygens (including phenoxy) is 4. The number of aliphatic hydroxyl groups is 1. The van der Waals surface area contributed by atoms with Crippen LogP contribution in [0.2, 0.25) is 0 Å². The van der Waals surface area contributed by atoms with Gasteiger partial charge in [0.25, 0.3) is 0 Å². The average molecular weight is 1140 g/mol. The van der Waals surface area contributed by atoms with Crippen LogP contribution in [0.25, 0.3) is 0 Å². The molecule has 5 atom stereocenters. The minimum atomic E-state index is -4.94. The van der Waals surface area contributed by atoms with Crippen molar-refractivity contribution >= 4 is 39.5 Å². The maximum atomic E-state index is 12.9. The molecular formula is C58H112O17P2. The number of esters is 4. The summed E-state index contributed by atoms with van der Waals surface area (Å²) in [5, 5.41) is 10.5. The van der Waals surface area contributed by atoms with Crippen molar-refractivity contribution in [1.82, 2.24) is 0 Å². The first kappa shape index (κ1) is 75.1. The Labute approximate surface area is 467 Å². The largest absolute Gasteiger partial charge is 0.472 e. The molecule has 0 saturated heterocycles. The van der Waals surface area contributed by atoms with E-state index in [4.69, 9.17) is 37.0 Å². The Kier molecular flexibility index (Phi) is 48.6. The second kappa shape index (κ2) is 49.8. The van der Waals surface area contributed by atoms with Gasteiger partial charge in [-0.1, -0.05) is 222 Å². The predicted octanol–water partition coefficient (Wildman–Crippen LogP) is 15.2. The molecule has 456 valence electrons. The summed E-state index contributed by atoms with van der Waals surface area (Å²) >= 11 is 0. The normalized spacial score (nSPS) is 14.6. The fraction of sp³-hybridized carbons (Fsp3) is 0.931. The van der Waals surface area contributed by atoms with Gasteiger partial charge in [0.15, 0.2) is 12.2 Å². The van der Waals surface area contributed by atoms with Gasteiger partial charge in [0.1, 0.15) is 19.3 Å². The van der Waals surface area contributed by atoms with Crippen LogP contribution in [0.4, 0.5) is 0 Å². The lowest BCUT2D eigenvalue weighted by Gasteiger charge is -2.21. The standard InChI is InChI=1S/C58H112O17P2/c1-8-9-10-22-32-39-55(60)68-45-53(74-58(63)42-35-28-21-15-18-25-31-38-51(6)7)47-72-76(64,65)70-43-52(59)44-71-77(66,67)73-48-54(46-69-56(61)40-33-26-20-14-17-24-30-37-50(4)5)75-57(62)41-34-27-19-13-11-12-16-23-29-36-49(2)3/h49-54,59H,8-48H2,1-7H3,(H,64,65)(H,66,67)/t52-,53+,54+/m0/s1. The van der Waals surface area contributed by atoms with Gasteiger partial charge in [-0.3, -0.25) is 37.3 Å². The molecule has 0 fully saturated rings. The molecular weight excluding hydrogens is 1030 g/mol. The highest BCUT2D eigenvalue weighted by atomic mass is 31.2. The molecule has 77 heavy (non-hydrogen) atoms. The lowest BCUT2D eigenvalue weighted by molar-refractivity contribution is -0.161. The molecule has 19 heteroatoms. The molecule has 0 aliphatic heterocycles. The topological polar surface area (TPSA) is 237 Å². The van der Waals surface area contributed by atoms with Crippen LogP contribution in [0.15, 0.2) is 0 Å². The van der Waals surface area contributed by atoms with Gasteiger partial charge in [0, 0.05) is 25.7 Å². The Morgan fingerprint density at radius 1 is 0.351 bits per heavy atom. The third-order valence-electron chi connectivity index (χ3n) is 13.1. The van der Waals surface area contributed by atoms with Crippen LogP contribution >= 0.6 is 15.6 Å². The Balaban J connectivity index is 5.20. The van der Waals surface area contributed by atoms with Crippen molar-refractivity contribution in [1.29, 1.82) is 0 Å². The summed E-state index contributed by atoms with van der Waals surface area (Å²) in [7, 11) is -9.87. The smallest absolute Gasteiger partial charge is 0.462 e. The zero-order valence-electron chi connectivity index (χ0n) is 49.4.